The van der Waals surface area contributed by atoms with Gasteiger partial charge in [-0.15, -0.1) is 0 Å². The molecule has 1 amide bonds. The first-order valence-electron chi connectivity index (χ1n) is 7.98. The average Bonchev–Trinajstić information content (AvgIpc) is 3.29. The number of aromatic nitrogens is 2. The summed E-state index contributed by atoms with van der Waals surface area (Å²) < 4.78 is 13.0. The van der Waals surface area contributed by atoms with Crippen LogP contribution in [-0.2, 0) is 6.54 Å². The highest BCUT2D eigenvalue weighted by atomic mass is 16.3. The van der Waals surface area contributed by atoms with Gasteiger partial charge < -0.3 is 14.2 Å². The molecule has 0 radical (unpaired) electrons. The fraction of sp³-hybridized carbons (Fsp3) is 0.158. The van der Waals surface area contributed by atoms with E-state index in [0.29, 0.717) is 23.7 Å². The standard InChI is InChI=1S/C19H17N3O3/c1-12-7-8-14(24-12)11-22-17(9-10-20-22)21-19(23)18-13(2)15-5-3-4-6-16(15)25-18/h3-10H,11H2,1-2H3,(H,21,23). The van der Waals surface area contributed by atoms with Crippen LogP contribution in [0.1, 0.15) is 27.6 Å². The van der Waals surface area contributed by atoms with E-state index in [9.17, 15) is 4.79 Å². The summed E-state index contributed by atoms with van der Waals surface area (Å²) in [5.41, 5.74) is 1.52. The van der Waals surface area contributed by atoms with E-state index >= 15 is 0 Å². The molecule has 3 heterocycles. The van der Waals surface area contributed by atoms with Crippen LogP contribution in [0.5, 0.6) is 0 Å². The summed E-state index contributed by atoms with van der Waals surface area (Å²) in [6.07, 6.45) is 1.64. The maximum atomic E-state index is 12.6. The van der Waals surface area contributed by atoms with Crippen molar-refractivity contribution in [1.29, 1.82) is 0 Å². The van der Waals surface area contributed by atoms with Crippen LogP contribution in [-0.4, -0.2) is 15.7 Å². The van der Waals surface area contributed by atoms with Gasteiger partial charge in [0.2, 0.25) is 0 Å². The van der Waals surface area contributed by atoms with Crippen LogP contribution in [0, 0.1) is 13.8 Å². The number of anilines is 1. The van der Waals surface area contributed by atoms with Crippen LogP contribution < -0.4 is 5.32 Å². The smallest absolute Gasteiger partial charge is 0.292 e. The molecule has 0 aliphatic rings. The molecule has 4 rings (SSSR count). The largest absolute Gasteiger partial charge is 0.464 e. The number of benzene rings is 1. The second-order valence-electron chi connectivity index (χ2n) is 5.89. The van der Waals surface area contributed by atoms with Crippen molar-refractivity contribution in [2.45, 2.75) is 20.4 Å². The molecule has 3 aromatic heterocycles. The predicted molar refractivity (Wildman–Crippen MR) is 93.7 cm³/mol. The van der Waals surface area contributed by atoms with Crippen molar-refractivity contribution in [2.75, 3.05) is 5.32 Å². The lowest BCUT2D eigenvalue weighted by Crippen LogP contribution is -2.16. The molecular weight excluding hydrogens is 318 g/mol. The van der Waals surface area contributed by atoms with Gasteiger partial charge in [-0.2, -0.15) is 5.10 Å². The summed E-state index contributed by atoms with van der Waals surface area (Å²) in [6.45, 7) is 4.21. The van der Waals surface area contributed by atoms with Gasteiger partial charge in [0.1, 0.15) is 29.5 Å². The topological polar surface area (TPSA) is 73.2 Å². The molecule has 0 spiro atoms. The number of hydrogen-bond donors (Lipinski definition) is 1. The van der Waals surface area contributed by atoms with E-state index in [1.54, 1.807) is 16.9 Å². The van der Waals surface area contributed by atoms with Crippen molar-refractivity contribution in [1.82, 2.24) is 9.78 Å². The van der Waals surface area contributed by atoms with Crippen molar-refractivity contribution >= 4 is 22.7 Å². The van der Waals surface area contributed by atoms with Crippen molar-refractivity contribution in [2.24, 2.45) is 0 Å². The monoisotopic (exact) mass is 335 g/mol. The minimum absolute atomic E-state index is 0.300. The lowest BCUT2D eigenvalue weighted by Gasteiger charge is -2.07. The zero-order chi connectivity index (χ0) is 17.4. The Bertz CT molecular complexity index is 1050. The molecule has 0 aliphatic carbocycles. The zero-order valence-electron chi connectivity index (χ0n) is 13.9. The molecular formula is C19H17N3O3. The molecule has 25 heavy (non-hydrogen) atoms. The molecule has 6 nitrogen and oxygen atoms in total. The van der Waals surface area contributed by atoms with Crippen molar-refractivity contribution in [3.63, 3.8) is 0 Å². The number of amides is 1. The van der Waals surface area contributed by atoms with Crippen LogP contribution in [0.3, 0.4) is 0 Å². The average molecular weight is 335 g/mol. The molecule has 0 unspecified atom stereocenters. The summed E-state index contributed by atoms with van der Waals surface area (Å²) in [5.74, 6) is 2.20. The lowest BCUT2D eigenvalue weighted by atomic mass is 10.1. The lowest BCUT2D eigenvalue weighted by molar-refractivity contribution is 0.0997. The van der Waals surface area contributed by atoms with E-state index in [-0.39, 0.29) is 5.91 Å². The number of hydrogen-bond acceptors (Lipinski definition) is 4. The first-order valence-corrected chi connectivity index (χ1v) is 7.98. The van der Waals surface area contributed by atoms with Crippen LogP contribution in [0.4, 0.5) is 5.82 Å². The van der Waals surface area contributed by atoms with Gasteiger partial charge in [0.05, 0.1) is 6.20 Å². The summed E-state index contributed by atoms with van der Waals surface area (Å²) in [4.78, 5) is 12.6. The van der Waals surface area contributed by atoms with E-state index in [2.05, 4.69) is 10.4 Å². The summed E-state index contributed by atoms with van der Waals surface area (Å²) >= 11 is 0. The van der Waals surface area contributed by atoms with Crippen LogP contribution in [0.15, 0.2) is 57.5 Å². The third kappa shape index (κ3) is 2.82. The Hall–Kier alpha value is -3.28. The Morgan fingerprint density at radius 2 is 1.96 bits per heavy atom. The number of nitrogens with zero attached hydrogens (tertiary/aromatic N) is 2. The van der Waals surface area contributed by atoms with Gasteiger partial charge in [-0.3, -0.25) is 4.79 Å². The number of rotatable bonds is 4. The van der Waals surface area contributed by atoms with Crippen molar-refractivity contribution in [3.8, 4) is 0 Å². The molecule has 4 aromatic rings. The Balaban J connectivity index is 1.58. The minimum atomic E-state index is -0.300. The van der Waals surface area contributed by atoms with E-state index in [1.807, 2.05) is 50.2 Å². The molecule has 126 valence electrons. The normalized spacial score (nSPS) is 11.1. The fourth-order valence-corrected chi connectivity index (χ4v) is 2.85. The molecule has 0 atom stereocenters. The highest BCUT2D eigenvalue weighted by Gasteiger charge is 2.19. The number of fused-ring (bicyclic) bond motifs is 1. The van der Waals surface area contributed by atoms with Crippen LogP contribution in [0.25, 0.3) is 11.0 Å². The summed E-state index contributed by atoms with van der Waals surface area (Å²) in [6, 6.07) is 13.1. The summed E-state index contributed by atoms with van der Waals surface area (Å²) in [7, 11) is 0. The highest BCUT2D eigenvalue weighted by Crippen LogP contribution is 2.25. The number of furan rings is 2. The number of aryl methyl sites for hydroxylation is 2. The third-order valence-electron chi connectivity index (χ3n) is 4.11. The third-order valence-corrected chi connectivity index (χ3v) is 4.11. The van der Waals surface area contributed by atoms with Gasteiger partial charge in [-0.05, 0) is 32.0 Å². The Morgan fingerprint density at radius 1 is 1.12 bits per heavy atom. The second-order valence-corrected chi connectivity index (χ2v) is 5.89. The van der Waals surface area contributed by atoms with Crippen molar-refractivity contribution < 1.29 is 13.6 Å². The van der Waals surface area contributed by atoms with Gasteiger partial charge in [0.15, 0.2) is 5.76 Å². The van der Waals surface area contributed by atoms with Gasteiger partial charge >= 0.3 is 0 Å². The van der Waals surface area contributed by atoms with Crippen LogP contribution >= 0.6 is 0 Å². The quantitative estimate of drug-likeness (QED) is 0.608. The van der Waals surface area contributed by atoms with Crippen molar-refractivity contribution in [3.05, 3.63) is 71.5 Å². The summed E-state index contributed by atoms with van der Waals surface area (Å²) in [5, 5.41) is 8.04. The maximum absolute atomic E-state index is 12.6. The Labute approximate surface area is 144 Å². The highest BCUT2D eigenvalue weighted by molar-refractivity contribution is 6.06. The molecule has 0 aliphatic heterocycles. The van der Waals surface area contributed by atoms with E-state index in [1.165, 1.54) is 0 Å². The number of carbonyl (C=O) groups is 1. The second kappa shape index (κ2) is 5.98. The minimum Gasteiger partial charge on any atom is -0.464 e. The van der Waals surface area contributed by atoms with Gasteiger partial charge in [0, 0.05) is 17.0 Å². The SMILES string of the molecule is Cc1ccc(Cn2nccc2NC(=O)c2oc3ccccc3c2C)o1. The Morgan fingerprint density at radius 3 is 2.72 bits per heavy atom. The molecule has 6 heteroatoms. The molecule has 1 N–H and O–H groups in total. The predicted octanol–water partition coefficient (Wildman–Crippen LogP) is 4.14. The van der Waals surface area contributed by atoms with Crippen LogP contribution in [0.2, 0.25) is 0 Å². The van der Waals surface area contributed by atoms with Gasteiger partial charge in [0.25, 0.3) is 5.91 Å². The molecule has 0 bridgehead atoms. The number of nitrogens with one attached hydrogen (secondary N) is 1. The first-order chi connectivity index (χ1) is 12.1. The van der Waals surface area contributed by atoms with Gasteiger partial charge in [-0.25, -0.2) is 4.68 Å². The molecule has 1 aromatic carbocycles. The first kappa shape index (κ1) is 15.3. The Kier molecular flexibility index (Phi) is 3.65. The molecule has 0 saturated heterocycles. The number of para-hydroxylation sites is 1. The maximum Gasteiger partial charge on any atom is 0.292 e. The number of carbonyl (C=O) groups excluding carboxylic acids is 1. The molecule has 0 fully saturated rings. The van der Waals surface area contributed by atoms with E-state index < -0.39 is 0 Å². The fourth-order valence-electron chi connectivity index (χ4n) is 2.85. The van der Waals surface area contributed by atoms with E-state index in [4.69, 9.17) is 8.83 Å². The van der Waals surface area contributed by atoms with Gasteiger partial charge in [-0.1, -0.05) is 18.2 Å². The van der Waals surface area contributed by atoms with E-state index in [0.717, 1.165) is 22.5 Å². The molecule has 0 saturated carbocycles. The zero-order valence-corrected chi connectivity index (χ0v) is 13.9.